The largest absolute Gasteiger partial charge is 0.493 e. The number of carbonyl (C=O) groups excluding carboxylic acids is 3. The molecule has 0 aromatic heterocycles. The highest BCUT2D eigenvalue weighted by Crippen LogP contribution is 2.31. The molecule has 1 fully saturated rings. The number of nitrogens with one attached hydrogen (secondary N) is 1. The number of nitrogens with zero attached hydrogens (tertiary/aromatic N) is 2. The summed E-state index contributed by atoms with van der Waals surface area (Å²) in [6, 6.07) is 7.34. The van der Waals surface area contributed by atoms with Crippen LogP contribution in [0.1, 0.15) is 30.9 Å². The second kappa shape index (κ2) is 6.90. The Balaban J connectivity index is 1.49. The van der Waals surface area contributed by atoms with Gasteiger partial charge in [-0.1, -0.05) is 18.2 Å². The Morgan fingerprint density at radius 1 is 1.33 bits per heavy atom. The van der Waals surface area contributed by atoms with Crippen molar-refractivity contribution in [3.05, 3.63) is 29.8 Å². The number of hydrogen-bond donors (Lipinski definition) is 1. The van der Waals surface area contributed by atoms with Crippen LogP contribution in [0.15, 0.2) is 24.3 Å². The quantitative estimate of drug-likeness (QED) is 0.825. The van der Waals surface area contributed by atoms with Crippen LogP contribution in [0.25, 0.3) is 0 Å². The van der Waals surface area contributed by atoms with Crippen LogP contribution in [0.2, 0.25) is 0 Å². The van der Waals surface area contributed by atoms with Crippen molar-refractivity contribution in [1.82, 2.24) is 15.1 Å². The van der Waals surface area contributed by atoms with Gasteiger partial charge in [-0.25, -0.2) is 4.79 Å². The van der Waals surface area contributed by atoms with Crippen molar-refractivity contribution in [2.24, 2.45) is 0 Å². The normalized spacial score (nSPS) is 20.0. The Bertz CT molecular complexity index is 661. The number of amides is 4. The van der Waals surface area contributed by atoms with Crippen molar-refractivity contribution in [2.45, 2.75) is 25.3 Å². The predicted octanol–water partition coefficient (Wildman–Crippen LogP) is 1.30. The molecule has 1 N–H and O–H groups in total. The van der Waals surface area contributed by atoms with Crippen molar-refractivity contribution in [1.29, 1.82) is 0 Å². The maximum absolute atomic E-state index is 12.2. The molecule has 1 atom stereocenters. The van der Waals surface area contributed by atoms with Gasteiger partial charge in [-0.15, -0.1) is 0 Å². The van der Waals surface area contributed by atoms with E-state index in [2.05, 4.69) is 5.32 Å². The fourth-order valence-electron chi connectivity index (χ4n) is 3.05. The lowest BCUT2D eigenvalue weighted by molar-refractivity contribution is -0.126. The van der Waals surface area contributed by atoms with Gasteiger partial charge in [0.1, 0.15) is 12.3 Å². The molecule has 2 aliphatic heterocycles. The second-order valence-corrected chi connectivity index (χ2v) is 6.08. The fourth-order valence-corrected chi connectivity index (χ4v) is 3.05. The zero-order chi connectivity index (χ0) is 17.1. The highest BCUT2D eigenvalue weighted by molar-refractivity contribution is 6.01. The summed E-state index contributed by atoms with van der Waals surface area (Å²) in [6.07, 6.45) is 1.47. The van der Waals surface area contributed by atoms with Crippen LogP contribution in [0.4, 0.5) is 4.79 Å². The highest BCUT2D eigenvalue weighted by atomic mass is 16.5. The monoisotopic (exact) mass is 331 g/mol. The van der Waals surface area contributed by atoms with Gasteiger partial charge in [-0.05, 0) is 12.5 Å². The first-order chi connectivity index (χ1) is 11.6. The molecule has 1 unspecified atom stereocenters. The summed E-state index contributed by atoms with van der Waals surface area (Å²) in [4.78, 5) is 38.2. The van der Waals surface area contributed by atoms with Gasteiger partial charge in [0.2, 0.25) is 11.8 Å². The molecule has 2 aliphatic rings. The number of likely N-dealkylation sites (N-methyl/N-ethyl adjacent to an activating group) is 1. The van der Waals surface area contributed by atoms with Crippen LogP contribution in [-0.2, 0) is 9.59 Å². The lowest BCUT2D eigenvalue weighted by Gasteiger charge is -2.26. The van der Waals surface area contributed by atoms with E-state index in [9.17, 15) is 14.4 Å². The van der Waals surface area contributed by atoms with E-state index in [1.165, 1.54) is 9.80 Å². The van der Waals surface area contributed by atoms with Gasteiger partial charge in [0.15, 0.2) is 0 Å². The molecule has 7 heteroatoms. The highest BCUT2D eigenvalue weighted by Gasteiger charge is 2.33. The number of para-hydroxylation sites is 1. The topological polar surface area (TPSA) is 79.0 Å². The zero-order valence-corrected chi connectivity index (χ0v) is 13.7. The van der Waals surface area contributed by atoms with Gasteiger partial charge in [-0.2, -0.15) is 0 Å². The Morgan fingerprint density at radius 2 is 2.12 bits per heavy atom. The summed E-state index contributed by atoms with van der Waals surface area (Å²) < 4.78 is 5.58. The summed E-state index contributed by atoms with van der Waals surface area (Å²) in [5.41, 5.74) is 0.989. The third kappa shape index (κ3) is 3.34. The predicted molar refractivity (Wildman–Crippen MR) is 86.4 cm³/mol. The molecular weight excluding hydrogens is 310 g/mol. The van der Waals surface area contributed by atoms with Gasteiger partial charge in [0.05, 0.1) is 12.6 Å². The maximum atomic E-state index is 12.2. The summed E-state index contributed by atoms with van der Waals surface area (Å²) in [5.74, 6) is 0.524. The lowest BCUT2D eigenvalue weighted by atomic mass is 10.0. The molecule has 1 saturated heterocycles. The number of fused-ring (bicyclic) bond motifs is 1. The number of urea groups is 1. The number of hydrogen-bond acceptors (Lipinski definition) is 4. The molecule has 3 rings (SSSR count). The Morgan fingerprint density at radius 3 is 2.88 bits per heavy atom. The number of benzene rings is 1. The minimum absolute atomic E-state index is 0.0522. The van der Waals surface area contributed by atoms with Gasteiger partial charge < -0.3 is 15.0 Å². The van der Waals surface area contributed by atoms with E-state index in [0.717, 1.165) is 17.7 Å². The standard InChI is InChI=1S/C17H21N3O4/c1-19-11-16(22)20(17(19)23)9-4-7-15(21)18-13-8-10-24-14-6-3-2-5-12(13)14/h2-3,5-6,13H,4,7-11H2,1H3,(H,18,21). The molecule has 7 nitrogen and oxygen atoms in total. The molecular formula is C17H21N3O4. The van der Waals surface area contributed by atoms with Gasteiger partial charge >= 0.3 is 6.03 Å². The minimum atomic E-state index is -0.293. The molecule has 1 aromatic rings. The average Bonchev–Trinajstić information content (AvgIpc) is 2.81. The molecule has 0 aliphatic carbocycles. The van der Waals surface area contributed by atoms with Gasteiger partial charge in [-0.3, -0.25) is 14.5 Å². The lowest BCUT2D eigenvalue weighted by Crippen LogP contribution is -2.34. The molecule has 4 amide bonds. The van der Waals surface area contributed by atoms with Crippen molar-refractivity contribution in [3.8, 4) is 5.75 Å². The molecule has 0 radical (unpaired) electrons. The molecule has 0 saturated carbocycles. The van der Waals surface area contributed by atoms with Crippen LogP contribution >= 0.6 is 0 Å². The van der Waals surface area contributed by atoms with Crippen molar-refractivity contribution in [3.63, 3.8) is 0 Å². The van der Waals surface area contributed by atoms with Crippen molar-refractivity contribution < 1.29 is 19.1 Å². The van der Waals surface area contributed by atoms with Crippen LogP contribution in [0.5, 0.6) is 5.75 Å². The SMILES string of the molecule is CN1CC(=O)N(CCCC(=O)NC2CCOc3ccccc32)C1=O. The number of ether oxygens (including phenoxy) is 1. The molecule has 0 bridgehead atoms. The van der Waals surface area contributed by atoms with Crippen LogP contribution in [-0.4, -0.2) is 54.4 Å². The van der Waals surface area contributed by atoms with Crippen molar-refractivity contribution >= 4 is 17.8 Å². The first kappa shape index (κ1) is 16.3. The summed E-state index contributed by atoms with van der Waals surface area (Å²) in [5, 5.41) is 3.01. The Hall–Kier alpha value is -2.57. The second-order valence-electron chi connectivity index (χ2n) is 6.08. The average molecular weight is 331 g/mol. The maximum Gasteiger partial charge on any atom is 0.326 e. The van der Waals surface area contributed by atoms with Gasteiger partial charge in [0.25, 0.3) is 0 Å². The third-order valence-corrected chi connectivity index (χ3v) is 4.31. The van der Waals surface area contributed by atoms with E-state index >= 15 is 0 Å². The molecule has 1 aromatic carbocycles. The van der Waals surface area contributed by atoms with Crippen LogP contribution in [0, 0.1) is 0 Å². The summed E-state index contributed by atoms with van der Waals surface area (Å²) in [7, 11) is 1.59. The van der Waals surface area contributed by atoms with Crippen LogP contribution in [0.3, 0.4) is 0 Å². The Labute approximate surface area is 140 Å². The van der Waals surface area contributed by atoms with E-state index < -0.39 is 0 Å². The van der Waals surface area contributed by atoms with Crippen LogP contribution < -0.4 is 10.1 Å². The molecule has 2 heterocycles. The minimum Gasteiger partial charge on any atom is -0.493 e. The molecule has 0 spiro atoms. The van der Waals surface area contributed by atoms with Crippen molar-refractivity contribution in [2.75, 3.05) is 26.7 Å². The van der Waals surface area contributed by atoms with E-state index in [0.29, 0.717) is 13.0 Å². The third-order valence-electron chi connectivity index (χ3n) is 4.31. The van der Waals surface area contributed by atoms with E-state index in [4.69, 9.17) is 4.74 Å². The molecule has 24 heavy (non-hydrogen) atoms. The van der Waals surface area contributed by atoms with Gasteiger partial charge in [0, 0.05) is 32.0 Å². The first-order valence-corrected chi connectivity index (χ1v) is 8.13. The zero-order valence-electron chi connectivity index (χ0n) is 13.7. The first-order valence-electron chi connectivity index (χ1n) is 8.13. The smallest absolute Gasteiger partial charge is 0.326 e. The summed E-state index contributed by atoms with van der Waals surface area (Å²) in [6.45, 7) is 0.967. The fraction of sp³-hybridized carbons (Fsp3) is 0.471. The summed E-state index contributed by atoms with van der Waals surface area (Å²) >= 11 is 0. The Kier molecular flexibility index (Phi) is 4.69. The van der Waals surface area contributed by atoms with E-state index in [1.807, 2.05) is 24.3 Å². The van der Waals surface area contributed by atoms with E-state index in [1.54, 1.807) is 7.05 Å². The molecule has 128 valence electrons. The number of carbonyl (C=O) groups is 3. The van der Waals surface area contributed by atoms with E-state index in [-0.39, 0.29) is 43.4 Å². The number of imide groups is 1. The number of rotatable bonds is 5.